The summed E-state index contributed by atoms with van der Waals surface area (Å²) in [6.45, 7) is 6.33. The first kappa shape index (κ1) is 11.4. The molecule has 1 aromatic carbocycles. The third kappa shape index (κ3) is 2.35. The van der Waals surface area contributed by atoms with Gasteiger partial charge in [0.15, 0.2) is 0 Å². The Kier molecular flexibility index (Phi) is 3.45. The molecule has 0 amide bonds. The van der Waals surface area contributed by atoms with Gasteiger partial charge in [-0.2, -0.15) is 0 Å². The number of aliphatic hydroxyl groups excluding tert-OH is 1. The molecule has 0 saturated heterocycles. The van der Waals surface area contributed by atoms with E-state index in [4.69, 9.17) is 5.11 Å². The minimum absolute atomic E-state index is 0.222. The van der Waals surface area contributed by atoms with Crippen molar-refractivity contribution in [2.45, 2.75) is 38.0 Å². The average molecular weight is 216 g/mol. The van der Waals surface area contributed by atoms with Gasteiger partial charge in [-0.25, -0.2) is 0 Å². The lowest BCUT2D eigenvalue weighted by atomic mass is 9.94. The van der Waals surface area contributed by atoms with Crippen LogP contribution in [0.15, 0.2) is 36.4 Å². The summed E-state index contributed by atoms with van der Waals surface area (Å²) in [5.41, 5.74) is 4.04. The highest BCUT2D eigenvalue weighted by molar-refractivity contribution is 5.29. The minimum Gasteiger partial charge on any atom is -0.396 e. The SMILES string of the molecule is C=C1CC[C@H](c2ccc(C(C)CO)cc2)C1. The molecule has 0 aliphatic heterocycles. The quantitative estimate of drug-likeness (QED) is 0.765. The van der Waals surface area contributed by atoms with E-state index < -0.39 is 0 Å². The van der Waals surface area contributed by atoms with Gasteiger partial charge in [0.05, 0.1) is 0 Å². The van der Waals surface area contributed by atoms with Crippen LogP contribution in [-0.2, 0) is 0 Å². The molecule has 2 atom stereocenters. The van der Waals surface area contributed by atoms with Gasteiger partial charge in [-0.05, 0) is 36.3 Å². The summed E-state index contributed by atoms with van der Waals surface area (Å²) in [5.74, 6) is 0.915. The lowest BCUT2D eigenvalue weighted by molar-refractivity contribution is 0.273. The molecule has 0 heterocycles. The minimum atomic E-state index is 0.222. The molecule has 1 fully saturated rings. The van der Waals surface area contributed by atoms with E-state index in [1.54, 1.807) is 0 Å². The molecular formula is C15H20O. The van der Waals surface area contributed by atoms with E-state index in [0.717, 1.165) is 6.42 Å². The van der Waals surface area contributed by atoms with Crippen LogP contribution in [0.5, 0.6) is 0 Å². The summed E-state index contributed by atoms with van der Waals surface area (Å²) in [6.07, 6.45) is 3.57. The van der Waals surface area contributed by atoms with Crippen molar-refractivity contribution in [1.82, 2.24) is 0 Å². The third-order valence-corrected chi connectivity index (χ3v) is 3.63. The maximum Gasteiger partial charge on any atom is 0.0497 e. The fraction of sp³-hybridized carbons (Fsp3) is 0.467. The van der Waals surface area contributed by atoms with Crippen LogP contribution in [-0.4, -0.2) is 11.7 Å². The van der Waals surface area contributed by atoms with Crippen molar-refractivity contribution in [3.05, 3.63) is 47.5 Å². The van der Waals surface area contributed by atoms with E-state index in [1.807, 2.05) is 6.92 Å². The Balaban J connectivity index is 2.10. The first-order valence-electron chi connectivity index (χ1n) is 6.08. The lowest BCUT2D eigenvalue weighted by Gasteiger charge is -2.12. The second kappa shape index (κ2) is 4.84. The molecule has 0 radical (unpaired) electrons. The smallest absolute Gasteiger partial charge is 0.0497 e. The largest absolute Gasteiger partial charge is 0.396 e. The number of hydrogen-bond donors (Lipinski definition) is 1. The highest BCUT2D eigenvalue weighted by atomic mass is 16.3. The second-order valence-electron chi connectivity index (χ2n) is 4.94. The Morgan fingerprint density at radius 3 is 2.56 bits per heavy atom. The first-order valence-corrected chi connectivity index (χ1v) is 6.08. The van der Waals surface area contributed by atoms with E-state index in [2.05, 4.69) is 30.8 Å². The fourth-order valence-electron chi connectivity index (χ4n) is 2.42. The third-order valence-electron chi connectivity index (χ3n) is 3.63. The van der Waals surface area contributed by atoms with Gasteiger partial charge in [-0.1, -0.05) is 43.3 Å². The zero-order valence-corrected chi connectivity index (χ0v) is 9.95. The molecule has 86 valence electrons. The molecule has 0 bridgehead atoms. The second-order valence-corrected chi connectivity index (χ2v) is 4.94. The molecule has 0 spiro atoms. The van der Waals surface area contributed by atoms with Gasteiger partial charge in [-0.3, -0.25) is 0 Å². The molecule has 16 heavy (non-hydrogen) atoms. The maximum absolute atomic E-state index is 9.09. The van der Waals surface area contributed by atoms with Crippen LogP contribution in [0.25, 0.3) is 0 Å². The molecule has 1 aromatic rings. The van der Waals surface area contributed by atoms with Crippen LogP contribution < -0.4 is 0 Å². The number of aliphatic hydroxyl groups is 1. The van der Waals surface area contributed by atoms with Crippen LogP contribution in [0.3, 0.4) is 0 Å². The van der Waals surface area contributed by atoms with E-state index in [-0.39, 0.29) is 12.5 Å². The molecule has 1 saturated carbocycles. The van der Waals surface area contributed by atoms with Gasteiger partial charge < -0.3 is 5.11 Å². The summed E-state index contributed by atoms with van der Waals surface area (Å²) in [6, 6.07) is 8.73. The Morgan fingerprint density at radius 2 is 2.06 bits per heavy atom. The summed E-state index contributed by atoms with van der Waals surface area (Å²) >= 11 is 0. The zero-order chi connectivity index (χ0) is 11.5. The Hall–Kier alpha value is -1.08. The van der Waals surface area contributed by atoms with Crippen molar-refractivity contribution in [3.63, 3.8) is 0 Å². The summed E-state index contributed by atoms with van der Waals surface area (Å²) in [7, 11) is 0. The van der Waals surface area contributed by atoms with Crippen molar-refractivity contribution < 1.29 is 5.11 Å². The molecule has 1 heteroatoms. The summed E-state index contributed by atoms with van der Waals surface area (Å²) < 4.78 is 0. The van der Waals surface area contributed by atoms with Crippen LogP contribution in [0.2, 0.25) is 0 Å². The van der Waals surface area contributed by atoms with Gasteiger partial charge in [0, 0.05) is 12.5 Å². The fourth-order valence-corrected chi connectivity index (χ4v) is 2.42. The van der Waals surface area contributed by atoms with Gasteiger partial charge in [0.25, 0.3) is 0 Å². The Morgan fingerprint density at radius 1 is 1.38 bits per heavy atom. The average Bonchev–Trinajstić information content (AvgIpc) is 2.75. The van der Waals surface area contributed by atoms with Gasteiger partial charge in [-0.15, -0.1) is 0 Å². The summed E-state index contributed by atoms with van der Waals surface area (Å²) in [4.78, 5) is 0. The summed E-state index contributed by atoms with van der Waals surface area (Å²) in [5, 5.41) is 9.09. The van der Waals surface area contributed by atoms with Crippen LogP contribution in [0.4, 0.5) is 0 Å². The molecule has 0 aromatic heterocycles. The van der Waals surface area contributed by atoms with Crippen molar-refractivity contribution in [2.24, 2.45) is 0 Å². The standard InChI is InChI=1S/C15H20O/c1-11-3-4-15(9-11)14-7-5-13(6-8-14)12(2)10-16/h5-8,12,15-16H,1,3-4,9-10H2,2H3/t12?,15-/m0/s1. The Labute approximate surface area is 97.8 Å². The van der Waals surface area contributed by atoms with Crippen molar-refractivity contribution in [1.29, 1.82) is 0 Å². The molecule has 1 nitrogen and oxygen atoms in total. The van der Waals surface area contributed by atoms with Crippen LogP contribution in [0, 0.1) is 0 Å². The number of rotatable bonds is 3. The molecule has 1 aliphatic rings. The molecule has 1 unspecified atom stereocenters. The predicted molar refractivity (Wildman–Crippen MR) is 67.7 cm³/mol. The van der Waals surface area contributed by atoms with Crippen molar-refractivity contribution in [3.8, 4) is 0 Å². The van der Waals surface area contributed by atoms with Crippen LogP contribution in [0.1, 0.15) is 49.1 Å². The van der Waals surface area contributed by atoms with E-state index in [9.17, 15) is 0 Å². The van der Waals surface area contributed by atoms with Gasteiger partial charge in [0.1, 0.15) is 0 Å². The molecular weight excluding hydrogens is 196 g/mol. The number of hydrogen-bond acceptors (Lipinski definition) is 1. The van der Waals surface area contributed by atoms with Gasteiger partial charge in [0.2, 0.25) is 0 Å². The Bertz CT molecular complexity index is 364. The van der Waals surface area contributed by atoms with Crippen molar-refractivity contribution >= 4 is 0 Å². The normalized spacial score (nSPS) is 22.4. The van der Waals surface area contributed by atoms with Crippen molar-refractivity contribution in [2.75, 3.05) is 6.61 Å². The molecule has 1 N–H and O–H groups in total. The predicted octanol–water partition coefficient (Wildman–Crippen LogP) is 3.61. The molecule has 2 rings (SSSR count). The first-order chi connectivity index (χ1) is 7.70. The van der Waals surface area contributed by atoms with E-state index in [0.29, 0.717) is 5.92 Å². The number of benzene rings is 1. The topological polar surface area (TPSA) is 20.2 Å². The molecule has 1 aliphatic carbocycles. The van der Waals surface area contributed by atoms with E-state index in [1.165, 1.54) is 29.5 Å². The highest BCUT2D eigenvalue weighted by Crippen LogP contribution is 2.37. The highest BCUT2D eigenvalue weighted by Gasteiger charge is 2.19. The maximum atomic E-state index is 9.09. The monoisotopic (exact) mass is 216 g/mol. The van der Waals surface area contributed by atoms with Gasteiger partial charge >= 0.3 is 0 Å². The van der Waals surface area contributed by atoms with Crippen LogP contribution >= 0.6 is 0 Å². The lowest BCUT2D eigenvalue weighted by Crippen LogP contribution is -1.99. The zero-order valence-electron chi connectivity index (χ0n) is 9.95. The van der Waals surface area contributed by atoms with E-state index >= 15 is 0 Å². The number of allylic oxidation sites excluding steroid dienone is 1.